The fourth-order valence-electron chi connectivity index (χ4n) is 9.24. The van der Waals surface area contributed by atoms with Gasteiger partial charge in [0, 0.05) is 59.8 Å². The summed E-state index contributed by atoms with van der Waals surface area (Å²) in [5.74, 6) is -7.46. The number of amides is 7. The van der Waals surface area contributed by atoms with Gasteiger partial charge in [0.2, 0.25) is 41.4 Å². The minimum Gasteiger partial charge on any atom is -0.480 e. The van der Waals surface area contributed by atoms with E-state index in [1.165, 1.54) is 29.6 Å². The highest BCUT2D eigenvalue weighted by Gasteiger charge is 2.65. The van der Waals surface area contributed by atoms with Crippen molar-refractivity contribution in [2.45, 2.75) is 119 Å². The highest BCUT2D eigenvalue weighted by atomic mass is 127. The van der Waals surface area contributed by atoms with E-state index in [2.05, 4.69) is 85.0 Å². The van der Waals surface area contributed by atoms with Crippen molar-refractivity contribution in [1.82, 2.24) is 52.1 Å². The number of aliphatic imine (C=N–C) groups is 1. The van der Waals surface area contributed by atoms with Gasteiger partial charge in [-0.2, -0.15) is 13.2 Å². The number of aromatic amines is 1. The molecule has 13 N–H and O–H groups in total. The van der Waals surface area contributed by atoms with Crippen LogP contribution in [0.1, 0.15) is 67.5 Å². The number of nitrogens with zero attached hydrogens (tertiary/aromatic N) is 5. The number of benzene rings is 3. The van der Waals surface area contributed by atoms with E-state index in [-0.39, 0.29) is 81.7 Å². The second-order valence-corrected chi connectivity index (χ2v) is 21.4. The van der Waals surface area contributed by atoms with Crippen molar-refractivity contribution in [3.8, 4) is 0 Å². The summed E-state index contributed by atoms with van der Waals surface area (Å²) in [6.07, 6.45) is -2.05. The van der Waals surface area contributed by atoms with Crippen molar-refractivity contribution in [3.63, 3.8) is 0 Å². The lowest BCUT2D eigenvalue weighted by molar-refractivity contribution is -0.166. The summed E-state index contributed by atoms with van der Waals surface area (Å²) in [7, 11) is 1.55. The molecule has 3 heterocycles. The number of carboxylic acid groups (broad SMARTS) is 1. The number of aromatic nitrogens is 2. The first-order chi connectivity index (χ1) is 39.0. The zero-order chi connectivity index (χ0) is 59.7. The van der Waals surface area contributed by atoms with Crippen LogP contribution in [-0.4, -0.2) is 148 Å². The van der Waals surface area contributed by atoms with Crippen LogP contribution in [0.25, 0.3) is 0 Å². The molecule has 0 radical (unpaired) electrons. The normalized spacial score (nSPS) is 16.5. The molecule has 1 aromatic heterocycles. The smallest absolute Gasteiger partial charge is 0.442 e. The number of alkyl halides is 3. The molecule has 7 atom stereocenters. The quantitative estimate of drug-likeness (QED) is 0.0159. The van der Waals surface area contributed by atoms with Crippen LogP contribution in [0.4, 0.5) is 13.2 Å². The molecule has 0 bridgehead atoms. The number of rotatable bonds is 29. The van der Waals surface area contributed by atoms with Crippen LogP contribution < -0.4 is 48.7 Å². The lowest BCUT2D eigenvalue weighted by Crippen LogP contribution is -2.61. The lowest BCUT2D eigenvalue weighted by atomic mass is 9.97. The molecule has 0 unspecified atom stereocenters. The van der Waals surface area contributed by atoms with E-state index in [0.717, 1.165) is 15.7 Å². The summed E-state index contributed by atoms with van der Waals surface area (Å²) < 4.78 is 43.0. The third-order valence-corrected chi connectivity index (χ3v) is 14.3. The summed E-state index contributed by atoms with van der Waals surface area (Å²) >= 11 is 2.09. The molecule has 0 aliphatic carbocycles. The van der Waals surface area contributed by atoms with Gasteiger partial charge in [0.05, 0.1) is 12.9 Å². The molecule has 0 spiro atoms. The monoisotopic (exact) mass is 1250 g/mol. The molecule has 1 saturated heterocycles. The number of hydrogen-bond donors (Lipinski definition) is 11. The second kappa shape index (κ2) is 29.1. The van der Waals surface area contributed by atoms with Crippen LogP contribution in [0.2, 0.25) is 0 Å². The third kappa shape index (κ3) is 17.7. The Morgan fingerprint density at radius 3 is 1.88 bits per heavy atom. The predicted molar refractivity (Wildman–Crippen MR) is 301 cm³/mol. The van der Waals surface area contributed by atoms with Gasteiger partial charge in [0.25, 0.3) is 0 Å². The van der Waals surface area contributed by atoms with Crippen LogP contribution in [-0.2, 0) is 69.7 Å². The first-order valence-electron chi connectivity index (χ1n) is 26.4. The minimum absolute atomic E-state index is 0.0443. The van der Waals surface area contributed by atoms with E-state index in [1.54, 1.807) is 75.5 Å². The number of nitrogens with two attached hydrogens (primary N) is 2. The molecular weight excluding hydrogens is 1190 g/mol. The number of likely N-dealkylation sites (N-methyl/N-ethyl adjacent to an activating group) is 1. The Hall–Kier alpha value is -8.02. The Morgan fingerprint density at radius 2 is 1.33 bits per heavy atom. The Morgan fingerprint density at radius 1 is 0.756 bits per heavy atom. The average molecular weight is 1250 g/mol. The van der Waals surface area contributed by atoms with Crippen molar-refractivity contribution in [3.05, 3.63) is 123 Å². The van der Waals surface area contributed by atoms with Gasteiger partial charge < -0.3 is 63.7 Å². The van der Waals surface area contributed by atoms with Crippen molar-refractivity contribution in [1.29, 1.82) is 0 Å². The standard InChI is InChI=1S/C54H67F3IN15O9/c1-30(2)44(70-45(75)37(65-43(74)28-61-3)11-7-21-63-52(59)60)49(79)67-39(24-33-15-19-35(58)20-16-33)46(76)66-38(23-32-13-17-34(18-14-32)53(71-72-53)54(55,56)57)47(77)68-40(26-36-27-62-29-64-36)50(80)73-22-8-12-42(73)48(78)69-41(51(81)82)25-31-9-5-4-6-10-31/h4-6,9-10,13-20,27,29-30,37-42,44,61H,7-8,11-12,21-26,28H2,1-3H3,(H,62,64)(H,65,74)(H,66,76)(H,67,79)(H,68,77)(H,69,78)(H,70,75)(H,81,82)(H4,59,60,63)/t37-,38-,39-,40-,41-,42-,44-/m0/s1. The number of carbonyl (C=O) groups excluding carboxylic acids is 7. The molecule has 440 valence electrons. The van der Waals surface area contributed by atoms with Gasteiger partial charge >= 0.3 is 17.8 Å². The molecule has 2 aliphatic rings. The summed E-state index contributed by atoms with van der Waals surface area (Å²) in [5.41, 5.74) is 9.70. The number of guanidine groups is 1. The number of carboxylic acids is 1. The maximum atomic E-state index is 15.0. The van der Waals surface area contributed by atoms with Gasteiger partial charge in [-0.05, 0) is 90.1 Å². The van der Waals surface area contributed by atoms with Gasteiger partial charge in [-0.25, -0.2) is 9.78 Å². The lowest BCUT2D eigenvalue weighted by Gasteiger charge is -2.31. The van der Waals surface area contributed by atoms with E-state index in [0.29, 0.717) is 23.2 Å². The van der Waals surface area contributed by atoms with E-state index >= 15 is 0 Å². The average Bonchev–Trinajstić information content (AvgIpc) is 3.85. The SMILES string of the molecule is CNCC(=O)N[C@@H](CCCN=C(N)N)C(=O)N[C@H](C(=O)N[C@@H](Cc1ccc(I)cc1)C(=O)N[C@@H](Cc1ccc(C2(C(F)(F)F)N=N2)cc1)C(=O)N[C@@H](Cc1cnc[nH]1)C(=O)N1CCC[C@H]1C(=O)N[C@@H](Cc1ccccc1)C(=O)O)C(C)C. The maximum Gasteiger partial charge on any atom is 0.442 e. The molecular formula is C54H67F3IN15O9. The molecule has 1 fully saturated rings. The summed E-state index contributed by atoms with van der Waals surface area (Å²) in [5, 5.41) is 35.4. The zero-order valence-electron chi connectivity index (χ0n) is 45.2. The summed E-state index contributed by atoms with van der Waals surface area (Å²) in [6, 6.07) is 11.0. The van der Waals surface area contributed by atoms with Gasteiger partial charge in [-0.15, -0.1) is 10.2 Å². The topological polar surface area (TPSA) is 362 Å². The Balaban J connectivity index is 1.30. The fourth-order valence-corrected chi connectivity index (χ4v) is 9.60. The highest BCUT2D eigenvalue weighted by Crippen LogP contribution is 2.52. The van der Waals surface area contributed by atoms with Crippen LogP contribution in [0.3, 0.4) is 0 Å². The van der Waals surface area contributed by atoms with Crippen molar-refractivity contribution >= 4 is 75.9 Å². The number of H-pyrrole nitrogens is 1. The van der Waals surface area contributed by atoms with E-state index in [9.17, 15) is 56.6 Å². The van der Waals surface area contributed by atoms with E-state index in [4.69, 9.17) is 11.5 Å². The number of nitrogens with one attached hydrogen (secondary N) is 8. The van der Waals surface area contributed by atoms with Crippen LogP contribution in [0.15, 0.2) is 107 Å². The van der Waals surface area contributed by atoms with Crippen LogP contribution in [0, 0.1) is 9.49 Å². The van der Waals surface area contributed by atoms with E-state index < -0.39 is 107 Å². The van der Waals surface area contributed by atoms with Crippen LogP contribution in [0.5, 0.6) is 0 Å². The molecule has 0 saturated carbocycles. The van der Waals surface area contributed by atoms with Gasteiger partial charge in [0.15, 0.2) is 5.96 Å². The van der Waals surface area contributed by atoms with Crippen molar-refractivity contribution < 1.29 is 56.6 Å². The number of hydrogen-bond acceptors (Lipinski definition) is 13. The Bertz CT molecular complexity index is 2920. The Kier molecular flexibility index (Phi) is 22.4. The summed E-state index contributed by atoms with van der Waals surface area (Å²) in [6.45, 7) is 3.36. The molecule has 7 amide bonds. The molecule has 24 nitrogen and oxygen atoms in total. The maximum absolute atomic E-state index is 15.0. The Labute approximate surface area is 484 Å². The highest BCUT2D eigenvalue weighted by molar-refractivity contribution is 14.1. The van der Waals surface area contributed by atoms with Gasteiger partial charge in [-0.1, -0.05) is 80.6 Å². The second-order valence-electron chi connectivity index (χ2n) is 20.2. The van der Waals surface area contributed by atoms with Crippen molar-refractivity contribution in [2.75, 3.05) is 26.7 Å². The third-order valence-electron chi connectivity index (χ3n) is 13.6. The first kappa shape index (κ1) is 63.2. The fraction of sp³-hybridized carbons (Fsp3) is 0.444. The van der Waals surface area contributed by atoms with Crippen molar-refractivity contribution in [2.24, 2.45) is 32.6 Å². The minimum atomic E-state index is -4.84. The van der Waals surface area contributed by atoms with Gasteiger partial charge in [-0.3, -0.25) is 38.6 Å². The molecule has 4 aromatic rings. The molecule has 82 heavy (non-hydrogen) atoms. The molecule has 28 heteroatoms. The molecule has 3 aromatic carbocycles. The number of carbonyl (C=O) groups is 8. The molecule has 6 rings (SSSR count). The zero-order valence-corrected chi connectivity index (χ0v) is 47.3. The number of aliphatic carboxylic acids is 1. The predicted octanol–water partition coefficient (Wildman–Crippen LogP) is 1.38. The largest absolute Gasteiger partial charge is 0.480 e. The molecule has 2 aliphatic heterocycles. The van der Waals surface area contributed by atoms with E-state index in [1.807, 2.05) is 0 Å². The number of likely N-dealkylation sites (tertiary alicyclic amines) is 1. The van der Waals surface area contributed by atoms with Gasteiger partial charge in [0.1, 0.15) is 42.3 Å². The van der Waals surface area contributed by atoms with Crippen LogP contribution >= 0.6 is 22.6 Å². The summed E-state index contributed by atoms with van der Waals surface area (Å²) in [4.78, 5) is 124. The number of imidazole rings is 1. The first-order valence-corrected chi connectivity index (χ1v) is 27.5. The number of halogens is 4.